The Labute approximate surface area is 207 Å². The van der Waals surface area contributed by atoms with E-state index in [1.165, 1.54) is 11.1 Å². The summed E-state index contributed by atoms with van der Waals surface area (Å²) in [6.45, 7) is 15.2. The van der Waals surface area contributed by atoms with Gasteiger partial charge in [-0.25, -0.2) is 4.79 Å². The summed E-state index contributed by atoms with van der Waals surface area (Å²) in [5.41, 5.74) is 2.06. The summed E-state index contributed by atoms with van der Waals surface area (Å²) in [7, 11) is -2.19. The summed E-state index contributed by atoms with van der Waals surface area (Å²) in [6.07, 6.45) is 5.30. The fraction of sp³-hybridized carbons (Fsp3) is 0.500. The Kier molecular flexibility index (Phi) is 8.13. The van der Waals surface area contributed by atoms with Crippen molar-refractivity contribution in [2.24, 2.45) is 5.92 Å². The second-order valence-corrected chi connectivity index (χ2v) is 16.3. The third-order valence-corrected chi connectivity index (χ3v) is 11.9. The van der Waals surface area contributed by atoms with Crippen LogP contribution in [0.4, 0.5) is 0 Å². The molecule has 1 fully saturated rings. The summed E-state index contributed by atoms with van der Waals surface area (Å²) >= 11 is 0. The van der Waals surface area contributed by atoms with E-state index in [9.17, 15) is 4.79 Å². The number of ether oxygens (including phenoxy) is 1. The van der Waals surface area contributed by atoms with Gasteiger partial charge in [0.2, 0.25) is 0 Å². The van der Waals surface area contributed by atoms with E-state index in [2.05, 4.69) is 96.2 Å². The number of benzene rings is 2. The van der Waals surface area contributed by atoms with Gasteiger partial charge in [0.1, 0.15) is 6.10 Å². The summed E-state index contributed by atoms with van der Waals surface area (Å²) in [4.78, 5) is 13.7. The maximum Gasteiger partial charge on any atom is 0.372 e. The Bertz CT molecular complexity index is 932. The van der Waals surface area contributed by atoms with Crippen LogP contribution >= 0.6 is 0 Å². The molecule has 0 amide bonds. The molecule has 0 N–H and O–H groups in total. The van der Waals surface area contributed by atoms with E-state index in [0.29, 0.717) is 11.7 Å². The van der Waals surface area contributed by atoms with E-state index in [4.69, 9.17) is 9.16 Å². The molecule has 0 radical (unpaired) electrons. The molecule has 0 aromatic heterocycles. The highest BCUT2D eigenvalue weighted by atomic mass is 28.4. The van der Waals surface area contributed by atoms with Crippen LogP contribution in [0.15, 0.2) is 72.5 Å². The van der Waals surface area contributed by atoms with E-state index in [1.807, 2.05) is 18.2 Å². The Morgan fingerprint density at radius 1 is 1.03 bits per heavy atom. The van der Waals surface area contributed by atoms with Crippen LogP contribution < -0.4 is 0 Å². The van der Waals surface area contributed by atoms with E-state index in [0.717, 1.165) is 25.7 Å². The third-order valence-electron chi connectivity index (χ3n) is 7.56. The van der Waals surface area contributed by atoms with Gasteiger partial charge in [0, 0.05) is 0 Å². The summed E-state index contributed by atoms with van der Waals surface area (Å²) in [6, 6.07) is 21.0. The molecule has 2 aromatic rings. The maximum absolute atomic E-state index is 13.7. The van der Waals surface area contributed by atoms with E-state index in [-0.39, 0.29) is 22.5 Å². The highest BCUT2D eigenvalue weighted by Crippen LogP contribution is 2.48. The fourth-order valence-corrected chi connectivity index (χ4v) is 5.58. The molecule has 3 rings (SSSR count). The fourth-order valence-electron chi connectivity index (χ4n) is 4.56. The predicted molar refractivity (Wildman–Crippen MR) is 143 cm³/mol. The lowest BCUT2D eigenvalue weighted by molar-refractivity contribution is -0.149. The highest BCUT2D eigenvalue weighted by molar-refractivity contribution is 6.74. The first-order valence-corrected chi connectivity index (χ1v) is 15.6. The Hall–Kier alpha value is -2.33. The van der Waals surface area contributed by atoms with Crippen molar-refractivity contribution in [3.63, 3.8) is 0 Å². The van der Waals surface area contributed by atoms with Crippen molar-refractivity contribution in [3.8, 4) is 0 Å². The molecule has 1 aliphatic rings. The van der Waals surface area contributed by atoms with Crippen LogP contribution in [0.1, 0.15) is 71.4 Å². The minimum atomic E-state index is -2.19. The van der Waals surface area contributed by atoms with Crippen LogP contribution in [0.5, 0.6) is 0 Å². The minimum absolute atomic E-state index is 0.00457. The van der Waals surface area contributed by atoms with Crippen molar-refractivity contribution < 1.29 is 14.0 Å². The Morgan fingerprint density at radius 2 is 1.56 bits per heavy atom. The lowest BCUT2D eigenvalue weighted by Gasteiger charge is -2.38. The number of carbonyl (C=O) groups is 1. The average Bonchev–Trinajstić information content (AvgIpc) is 3.21. The molecular formula is C30H42O3Si. The molecule has 1 aliphatic carbocycles. The molecule has 0 spiro atoms. The van der Waals surface area contributed by atoms with Gasteiger partial charge in [-0.15, -0.1) is 0 Å². The molecule has 0 aliphatic heterocycles. The Morgan fingerprint density at radius 3 is 2.03 bits per heavy atom. The molecule has 0 unspecified atom stereocenters. The third kappa shape index (κ3) is 5.65. The van der Waals surface area contributed by atoms with E-state index >= 15 is 0 Å². The topological polar surface area (TPSA) is 35.5 Å². The molecule has 0 saturated heterocycles. The standard InChI is InChI=1S/C30H42O3Si/c1-23(2)20-21-26(33-34(6,7)29(3,4)5)28(31)32-27-19-14-22-30(27,24-15-10-8-11-16-24)25-17-12-9-13-18-25/h8-13,15-18,21,23,27H,14,19-20,22H2,1-7H3/b26-21+/t27-/m1/s1. The SMILES string of the molecule is CC(C)C/C=C(/O[Si](C)(C)C(C)(C)C)C(=O)O[C@@H]1CCCC1(c1ccccc1)c1ccccc1. The zero-order chi connectivity index (χ0) is 25.0. The van der Waals surface area contributed by atoms with Crippen molar-refractivity contribution in [2.45, 2.75) is 90.0 Å². The van der Waals surface area contributed by atoms with Crippen molar-refractivity contribution >= 4 is 14.3 Å². The summed E-state index contributed by atoms with van der Waals surface area (Å²) in [5, 5.41) is -0.00457. The lowest BCUT2D eigenvalue weighted by Crippen LogP contribution is -2.43. The van der Waals surface area contributed by atoms with Crippen LogP contribution in [0, 0.1) is 5.92 Å². The van der Waals surface area contributed by atoms with E-state index < -0.39 is 8.32 Å². The molecule has 0 heterocycles. The normalized spacial score (nSPS) is 18.7. The number of allylic oxidation sites excluding steroid dienone is 1. The van der Waals surface area contributed by atoms with Gasteiger partial charge in [0.25, 0.3) is 8.32 Å². The van der Waals surface area contributed by atoms with Crippen molar-refractivity contribution in [1.29, 1.82) is 0 Å². The molecule has 2 aromatic carbocycles. The van der Waals surface area contributed by atoms with Crippen LogP contribution in [0.3, 0.4) is 0 Å². The number of hydrogen-bond acceptors (Lipinski definition) is 3. The monoisotopic (exact) mass is 478 g/mol. The van der Waals surface area contributed by atoms with Crippen molar-refractivity contribution in [2.75, 3.05) is 0 Å². The van der Waals surface area contributed by atoms with Gasteiger partial charge in [-0.2, -0.15) is 0 Å². The highest BCUT2D eigenvalue weighted by Gasteiger charge is 2.49. The largest absolute Gasteiger partial charge is 0.539 e. The molecule has 184 valence electrons. The first-order chi connectivity index (χ1) is 16.0. The zero-order valence-corrected chi connectivity index (χ0v) is 23.1. The smallest absolute Gasteiger partial charge is 0.372 e. The molecule has 3 nitrogen and oxygen atoms in total. The van der Waals surface area contributed by atoms with E-state index in [1.54, 1.807) is 0 Å². The second-order valence-electron chi connectivity index (χ2n) is 11.5. The van der Waals surface area contributed by atoms with Crippen molar-refractivity contribution in [1.82, 2.24) is 0 Å². The van der Waals surface area contributed by atoms with Crippen LogP contribution in [-0.4, -0.2) is 20.4 Å². The Balaban J connectivity index is 1.97. The predicted octanol–water partition coefficient (Wildman–Crippen LogP) is 8.02. The van der Waals surface area contributed by atoms with Gasteiger partial charge in [-0.05, 0) is 66.9 Å². The van der Waals surface area contributed by atoms with Gasteiger partial charge in [-0.1, -0.05) is 95.3 Å². The summed E-state index contributed by atoms with van der Waals surface area (Å²) in [5.74, 6) is 0.501. The van der Waals surface area contributed by atoms with Gasteiger partial charge in [-0.3, -0.25) is 0 Å². The number of esters is 1. The van der Waals surface area contributed by atoms with Crippen molar-refractivity contribution in [3.05, 3.63) is 83.6 Å². The zero-order valence-electron chi connectivity index (χ0n) is 22.1. The molecule has 0 bridgehead atoms. The molecule has 1 atom stereocenters. The lowest BCUT2D eigenvalue weighted by atomic mass is 9.71. The number of hydrogen-bond donors (Lipinski definition) is 0. The number of rotatable bonds is 8. The van der Waals surface area contributed by atoms with Crippen LogP contribution in [0.2, 0.25) is 18.1 Å². The summed E-state index contributed by atoms with van der Waals surface area (Å²) < 4.78 is 12.9. The van der Waals surface area contributed by atoms with Crippen LogP contribution in [-0.2, 0) is 19.4 Å². The second kappa shape index (κ2) is 10.5. The molecule has 1 saturated carbocycles. The first-order valence-electron chi connectivity index (χ1n) is 12.7. The van der Waals surface area contributed by atoms with Gasteiger partial charge >= 0.3 is 5.97 Å². The average molecular weight is 479 g/mol. The minimum Gasteiger partial charge on any atom is -0.539 e. The first kappa shape index (κ1) is 26.3. The number of carbonyl (C=O) groups excluding carboxylic acids is 1. The molecule has 4 heteroatoms. The van der Waals surface area contributed by atoms with Gasteiger partial charge in [0.15, 0.2) is 5.76 Å². The quantitative estimate of drug-likeness (QED) is 0.167. The molecule has 34 heavy (non-hydrogen) atoms. The maximum atomic E-state index is 13.7. The van der Waals surface area contributed by atoms with Crippen LogP contribution in [0.25, 0.3) is 0 Å². The molecular weight excluding hydrogens is 436 g/mol. The van der Waals surface area contributed by atoms with Gasteiger partial charge < -0.3 is 9.16 Å². The van der Waals surface area contributed by atoms with Gasteiger partial charge in [0.05, 0.1) is 5.41 Å².